The van der Waals surface area contributed by atoms with Crippen LogP contribution in [0.1, 0.15) is 18.1 Å². The first-order valence-electron chi connectivity index (χ1n) is 9.54. The number of urea groups is 1. The molecule has 3 rings (SSSR count). The fourth-order valence-electron chi connectivity index (χ4n) is 2.63. The van der Waals surface area contributed by atoms with Gasteiger partial charge in [-0.25, -0.2) is 10.2 Å². The van der Waals surface area contributed by atoms with E-state index in [0.29, 0.717) is 40.4 Å². The fourth-order valence-corrected chi connectivity index (χ4v) is 2.95. The van der Waals surface area contributed by atoms with Crippen LogP contribution in [-0.4, -0.2) is 18.9 Å². The molecule has 0 fully saturated rings. The first-order valence-corrected chi connectivity index (χ1v) is 10.3. The van der Waals surface area contributed by atoms with Crippen molar-refractivity contribution in [3.8, 4) is 11.5 Å². The van der Waals surface area contributed by atoms with Crippen molar-refractivity contribution < 1.29 is 14.3 Å². The first kappa shape index (κ1) is 22.5. The van der Waals surface area contributed by atoms with Crippen LogP contribution >= 0.6 is 23.2 Å². The molecule has 31 heavy (non-hydrogen) atoms. The van der Waals surface area contributed by atoms with Crippen molar-refractivity contribution in [2.24, 2.45) is 5.10 Å². The molecule has 0 aliphatic rings. The largest absolute Gasteiger partial charge is 0.490 e. The molecule has 8 heteroatoms. The summed E-state index contributed by atoms with van der Waals surface area (Å²) in [4.78, 5) is 11.9. The number of nitrogens with zero attached hydrogens (tertiary/aromatic N) is 1. The van der Waals surface area contributed by atoms with Gasteiger partial charge in [0.15, 0.2) is 11.5 Å². The lowest BCUT2D eigenvalue weighted by Crippen LogP contribution is -2.24. The minimum atomic E-state index is -0.436. The highest BCUT2D eigenvalue weighted by atomic mass is 35.5. The second-order valence-corrected chi connectivity index (χ2v) is 7.18. The van der Waals surface area contributed by atoms with Crippen LogP contribution in [0.5, 0.6) is 11.5 Å². The van der Waals surface area contributed by atoms with E-state index in [1.54, 1.807) is 36.4 Å². The summed E-state index contributed by atoms with van der Waals surface area (Å²) in [5.41, 5.74) is 4.73. The molecule has 0 saturated carbocycles. The van der Waals surface area contributed by atoms with Gasteiger partial charge in [0, 0.05) is 5.69 Å². The number of amides is 2. The van der Waals surface area contributed by atoms with E-state index in [0.717, 1.165) is 11.1 Å². The molecule has 0 saturated heterocycles. The molecule has 0 unspecified atom stereocenters. The number of anilines is 1. The van der Waals surface area contributed by atoms with Crippen LogP contribution in [0.3, 0.4) is 0 Å². The molecule has 160 valence electrons. The third-order valence-electron chi connectivity index (χ3n) is 4.06. The SMILES string of the molecule is CCOc1cc(/C=N/NC(=O)Nc2ccccc2)ccc1OCc1ccc(Cl)c(Cl)c1. The Morgan fingerprint density at radius 1 is 0.968 bits per heavy atom. The zero-order valence-corrected chi connectivity index (χ0v) is 18.3. The number of carbonyl (C=O) groups is 1. The number of hydrogen-bond donors (Lipinski definition) is 2. The summed E-state index contributed by atoms with van der Waals surface area (Å²) in [5.74, 6) is 1.15. The van der Waals surface area contributed by atoms with Crippen molar-refractivity contribution >= 4 is 41.1 Å². The third-order valence-corrected chi connectivity index (χ3v) is 4.80. The molecule has 0 aliphatic carbocycles. The Hall–Kier alpha value is -3.22. The smallest absolute Gasteiger partial charge is 0.339 e. The van der Waals surface area contributed by atoms with Crippen LogP contribution < -0.4 is 20.2 Å². The summed E-state index contributed by atoms with van der Waals surface area (Å²) in [6.45, 7) is 2.67. The molecule has 0 aliphatic heterocycles. The van der Waals surface area contributed by atoms with Crippen LogP contribution in [-0.2, 0) is 6.61 Å². The van der Waals surface area contributed by atoms with Crippen molar-refractivity contribution in [2.75, 3.05) is 11.9 Å². The van der Waals surface area contributed by atoms with E-state index >= 15 is 0 Å². The van der Waals surface area contributed by atoms with E-state index in [9.17, 15) is 4.79 Å². The molecule has 0 radical (unpaired) electrons. The number of hydrogen-bond acceptors (Lipinski definition) is 4. The van der Waals surface area contributed by atoms with Gasteiger partial charge in [0.2, 0.25) is 0 Å². The van der Waals surface area contributed by atoms with Crippen molar-refractivity contribution in [1.29, 1.82) is 0 Å². The van der Waals surface area contributed by atoms with Gasteiger partial charge in [-0.05, 0) is 60.5 Å². The van der Waals surface area contributed by atoms with Crippen LogP contribution in [0.25, 0.3) is 0 Å². The Kier molecular flexibility index (Phi) is 8.15. The summed E-state index contributed by atoms with van der Waals surface area (Å²) < 4.78 is 11.6. The molecule has 3 aromatic rings. The highest BCUT2D eigenvalue weighted by molar-refractivity contribution is 6.42. The Morgan fingerprint density at radius 2 is 1.77 bits per heavy atom. The third kappa shape index (κ3) is 6.91. The Bertz CT molecular complexity index is 1060. The molecule has 0 heterocycles. The summed E-state index contributed by atoms with van der Waals surface area (Å²) in [5, 5.41) is 7.62. The predicted molar refractivity (Wildman–Crippen MR) is 125 cm³/mol. The molecule has 2 amide bonds. The lowest BCUT2D eigenvalue weighted by atomic mass is 10.2. The van der Waals surface area contributed by atoms with Gasteiger partial charge in [-0.2, -0.15) is 5.10 Å². The molecular weight excluding hydrogens is 437 g/mol. The van der Waals surface area contributed by atoms with Gasteiger partial charge in [-0.1, -0.05) is 47.5 Å². The monoisotopic (exact) mass is 457 g/mol. The van der Waals surface area contributed by atoms with Gasteiger partial charge in [0.25, 0.3) is 0 Å². The number of benzene rings is 3. The second-order valence-electron chi connectivity index (χ2n) is 6.37. The molecule has 3 aromatic carbocycles. The first-order chi connectivity index (χ1) is 15.0. The quantitative estimate of drug-likeness (QED) is 0.315. The summed E-state index contributed by atoms with van der Waals surface area (Å²) in [6, 6.07) is 19.4. The Morgan fingerprint density at radius 3 is 2.52 bits per heavy atom. The molecule has 0 aromatic heterocycles. The van der Waals surface area contributed by atoms with Gasteiger partial charge in [-0.15, -0.1) is 0 Å². The van der Waals surface area contributed by atoms with Crippen LogP contribution in [0.4, 0.5) is 10.5 Å². The van der Waals surface area contributed by atoms with Gasteiger partial charge in [-0.3, -0.25) is 0 Å². The highest BCUT2D eigenvalue weighted by Gasteiger charge is 2.08. The fraction of sp³-hybridized carbons (Fsp3) is 0.130. The van der Waals surface area contributed by atoms with E-state index in [2.05, 4.69) is 15.8 Å². The standard InChI is InChI=1S/C23H21Cl2N3O3/c1-2-30-22-13-16(14-26-28-23(29)27-18-6-4-3-5-7-18)9-11-21(22)31-15-17-8-10-19(24)20(25)12-17/h3-14H,2,15H2,1H3,(H2,27,28,29)/b26-14+. The lowest BCUT2D eigenvalue weighted by Gasteiger charge is -2.13. The van der Waals surface area contributed by atoms with E-state index < -0.39 is 6.03 Å². The van der Waals surface area contributed by atoms with E-state index in [1.165, 1.54) is 6.21 Å². The minimum Gasteiger partial charge on any atom is -0.490 e. The zero-order chi connectivity index (χ0) is 22.1. The lowest BCUT2D eigenvalue weighted by molar-refractivity contribution is 0.252. The summed E-state index contributed by atoms with van der Waals surface area (Å²) >= 11 is 12.0. The number of rotatable bonds is 8. The topological polar surface area (TPSA) is 72.0 Å². The van der Waals surface area contributed by atoms with Gasteiger partial charge >= 0.3 is 6.03 Å². The van der Waals surface area contributed by atoms with Gasteiger partial charge < -0.3 is 14.8 Å². The van der Waals surface area contributed by atoms with E-state index in [-0.39, 0.29) is 0 Å². The van der Waals surface area contributed by atoms with Gasteiger partial charge in [0.05, 0.1) is 22.9 Å². The van der Waals surface area contributed by atoms with E-state index in [1.807, 2.05) is 37.3 Å². The molecule has 0 spiro atoms. The normalized spacial score (nSPS) is 10.7. The van der Waals surface area contributed by atoms with E-state index in [4.69, 9.17) is 32.7 Å². The molecule has 0 bridgehead atoms. The second kappa shape index (κ2) is 11.2. The average molecular weight is 458 g/mol. The molecule has 2 N–H and O–H groups in total. The number of para-hydroxylation sites is 1. The Balaban J connectivity index is 1.61. The maximum absolute atomic E-state index is 11.9. The Labute approximate surface area is 190 Å². The van der Waals surface area contributed by atoms with Crippen molar-refractivity contribution in [1.82, 2.24) is 5.43 Å². The van der Waals surface area contributed by atoms with Crippen molar-refractivity contribution in [3.63, 3.8) is 0 Å². The minimum absolute atomic E-state index is 0.311. The predicted octanol–water partition coefficient (Wildman–Crippen LogP) is 6.13. The summed E-state index contributed by atoms with van der Waals surface area (Å²) in [6.07, 6.45) is 1.52. The summed E-state index contributed by atoms with van der Waals surface area (Å²) in [7, 11) is 0. The molecular formula is C23H21Cl2N3O3. The number of halogens is 2. The zero-order valence-electron chi connectivity index (χ0n) is 16.8. The maximum atomic E-state index is 11.9. The van der Waals surface area contributed by atoms with Crippen LogP contribution in [0, 0.1) is 0 Å². The highest BCUT2D eigenvalue weighted by Crippen LogP contribution is 2.30. The van der Waals surface area contributed by atoms with Crippen molar-refractivity contribution in [3.05, 3.63) is 87.9 Å². The van der Waals surface area contributed by atoms with Gasteiger partial charge in [0.1, 0.15) is 6.61 Å². The molecule has 6 nitrogen and oxygen atoms in total. The number of carbonyl (C=O) groups excluding carboxylic acids is 1. The molecule has 0 atom stereocenters. The average Bonchev–Trinajstić information content (AvgIpc) is 2.76. The maximum Gasteiger partial charge on any atom is 0.339 e. The number of ether oxygens (including phenoxy) is 2. The van der Waals surface area contributed by atoms with Crippen LogP contribution in [0.15, 0.2) is 71.8 Å². The van der Waals surface area contributed by atoms with Crippen molar-refractivity contribution in [2.45, 2.75) is 13.5 Å². The van der Waals surface area contributed by atoms with Crippen LogP contribution in [0.2, 0.25) is 10.0 Å². The number of hydrazone groups is 1. The number of nitrogens with one attached hydrogen (secondary N) is 2.